The molecular weight excluding hydrogens is 282 g/mol. The number of hydrogen-bond donors (Lipinski definition) is 1. The summed E-state index contributed by atoms with van der Waals surface area (Å²) in [6.07, 6.45) is 0. The van der Waals surface area contributed by atoms with Gasteiger partial charge in [-0.2, -0.15) is 4.39 Å². The van der Waals surface area contributed by atoms with E-state index in [0.29, 0.717) is 16.0 Å². The summed E-state index contributed by atoms with van der Waals surface area (Å²) < 4.78 is 29.2. The Labute approximate surface area is 116 Å². The van der Waals surface area contributed by atoms with E-state index in [-0.39, 0.29) is 11.5 Å². The summed E-state index contributed by atoms with van der Waals surface area (Å²) in [4.78, 5) is 23.5. The van der Waals surface area contributed by atoms with Crippen LogP contribution in [0.15, 0.2) is 27.8 Å². The summed E-state index contributed by atoms with van der Waals surface area (Å²) in [7, 11) is 0. The molecule has 1 aromatic carbocycles. The van der Waals surface area contributed by atoms with Gasteiger partial charge in [-0.3, -0.25) is 4.79 Å². The highest BCUT2D eigenvalue weighted by molar-refractivity contribution is 5.47. The van der Waals surface area contributed by atoms with Crippen LogP contribution >= 0.6 is 0 Å². The Morgan fingerprint density at radius 1 is 1.10 bits per heavy atom. The number of H-pyrrole nitrogens is 1. The van der Waals surface area contributed by atoms with Gasteiger partial charge in [0.05, 0.1) is 11.8 Å². The third kappa shape index (κ3) is 1.87. The highest BCUT2D eigenvalue weighted by atomic mass is 19.1. The van der Waals surface area contributed by atoms with Gasteiger partial charge in [0, 0.05) is 0 Å². The molecule has 1 N–H and O–H groups in total. The van der Waals surface area contributed by atoms with E-state index in [2.05, 4.69) is 5.10 Å². The van der Waals surface area contributed by atoms with E-state index < -0.39 is 23.0 Å². The van der Waals surface area contributed by atoms with Crippen LogP contribution in [0.5, 0.6) is 0 Å². The van der Waals surface area contributed by atoms with Crippen LogP contribution in [0.3, 0.4) is 0 Å². The molecule has 0 amide bonds. The number of nitrogens with zero attached hydrogens (tertiary/aromatic N) is 3. The number of aryl methyl sites for hydroxylation is 2. The Hall–Kier alpha value is -2.77. The van der Waals surface area contributed by atoms with Gasteiger partial charge in [-0.1, -0.05) is 0 Å². The molecule has 3 aromatic rings. The van der Waals surface area contributed by atoms with Gasteiger partial charge in [0.15, 0.2) is 0 Å². The van der Waals surface area contributed by atoms with Crippen LogP contribution in [0.1, 0.15) is 11.1 Å². The molecular formula is C13H10F2N4O2. The van der Waals surface area contributed by atoms with Crippen LogP contribution in [0, 0.1) is 25.6 Å². The van der Waals surface area contributed by atoms with E-state index in [4.69, 9.17) is 0 Å². The monoisotopic (exact) mass is 292 g/mol. The predicted octanol–water partition coefficient (Wildman–Crippen LogP) is 1.07. The molecule has 0 saturated heterocycles. The summed E-state index contributed by atoms with van der Waals surface area (Å²) in [6.45, 7) is 3.48. The Bertz CT molecular complexity index is 984. The number of fused-ring (bicyclic) bond motifs is 1. The van der Waals surface area contributed by atoms with Crippen molar-refractivity contribution >= 4 is 5.78 Å². The number of nitrogens with one attached hydrogen (secondary N) is 1. The fraction of sp³-hybridized carbons (Fsp3) is 0.154. The molecule has 6 nitrogen and oxygen atoms in total. The van der Waals surface area contributed by atoms with E-state index in [9.17, 15) is 18.4 Å². The second-order valence-electron chi connectivity index (χ2n) is 4.69. The topological polar surface area (TPSA) is 72.2 Å². The van der Waals surface area contributed by atoms with Crippen molar-refractivity contribution in [1.29, 1.82) is 0 Å². The number of halogens is 2. The molecule has 2 heterocycles. The van der Waals surface area contributed by atoms with Crippen molar-refractivity contribution in [3.63, 3.8) is 0 Å². The first kappa shape index (κ1) is 13.2. The first-order valence-corrected chi connectivity index (χ1v) is 6.06. The van der Waals surface area contributed by atoms with E-state index >= 15 is 0 Å². The fourth-order valence-corrected chi connectivity index (χ4v) is 2.12. The molecule has 8 heteroatoms. The third-order valence-corrected chi connectivity index (χ3v) is 3.34. The Balaban J connectivity index is 2.49. The molecule has 0 bridgehead atoms. The number of benzene rings is 1. The van der Waals surface area contributed by atoms with Gasteiger partial charge >= 0.3 is 5.69 Å². The molecule has 3 rings (SSSR count). The molecule has 0 unspecified atom stereocenters. The van der Waals surface area contributed by atoms with Crippen molar-refractivity contribution in [2.75, 3.05) is 0 Å². The fourth-order valence-electron chi connectivity index (χ4n) is 2.12. The van der Waals surface area contributed by atoms with Crippen LogP contribution < -0.4 is 11.2 Å². The number of aromatic nitrogens is 4. The third-order valence-electron chi connectivity index (χ3n) is 3.34. The number of hydrogen-bond acceptors (Lipinski definition) is 3. The highest BCUT2D eigenvalue weighted by Gasteiger charge is 2.17. The second kappa shape index (κ2) is 4.37. The summed E-state index contributed by atoms with van der Waals surface area (Å²) in [5.74, 6) is -2.04. The zero-order valence-electron chi connectivity index (χ0n) is 11.1. The SMILES string of the molecule is Cc1cc(F)c(-n2c(=O)cc(F)n3c(=O)[nH]nc23)cc1C. The molecule has 0 saturated carbocycles. The molecule has 0 aliphatic carbocycles. The standard InChI is InChI=1S/C13H10F2N4O2/c1-6-3-8(14)9(4-7(6)2)18-11(20)5-10(15)19-12(18)16-17-13(19)21/h3-5H,1-2H3,(H,17,21). The minimum atomic E-state index is -1.06. The van der Waals surface area contributed by atoms with E-state index in [1.807, 2.05) is 5.10 Å². The summed E-state index contributed by atoms with van der Waals surface area (Å²) >= 11 is 0. The lowest BCUT2D eigenvalue weighted by Crippen LogP contribution is -2.25. The first-order valence-electron chi connectivity index (χ1n) is 6.06. The van der Waals surface area contributed by atoms with Gasteiger partial charge in [-0.05, 0) is 37.1 Å². The normalized spacial score (nSPS) is 11.2. The molecule has 108 valence electrons. The minimum Gasteiger partial charge on any atom is -0.269 e. The van der Waals surface area contributed by atoms with Crippen molar-refractivity contribution in [2.45, 2.75) is 13.8 Å². The molecule has 0 aliphatic heterocycles. The van der Waals surface area contributed by atoms with E-state index in [1.54, 1.807) is 13.8 Å². The predicted molar refractivity (Wildman–Crippen MR) is 70.8 cm³/mol. The lowest BCUT2D eigenvalue weighted by atomic mass is 10.1. The Morgan fingerprint density at radius 3 is 2.48 bits per heavy atom. The number of rotatable bonds is 1. The van der Waals surface area contributed by atoms with Crippen molar-refractivity contribution in [3.05, 3.63) is 61.9 Å². The van der Waals surface area contributed by atoms with Crippen LogP contribution in [0.2, 0.25) is 0 Å². The van der Waals surface area contributed by atoms with Gasteiger partial charge in [0.1, 0.15) is 5.82 Å². The molecule has 2 aromatic heterocycles. The highest BCUT2D eigenvalue weighted by Crippen LogP contribution is 2.18. The van der Waals surface area contributed by atoms with Gasteiger partial charge in [0.2, 0.25) is 11.7 Å². The van der Waals surface area contributed by atoms with Crippen LogP contribution in [0.25, 0.3) is 11.5 Å². The van der Waals surface area contributed by atoms with Crippen LogP contribution in [-0.4, -0.2) is 19.2 Å². The van der Waals surface area contributed by atoms with Gasteiger partial charge in [0.25, 0.3) is 5.56 Å². The van der Waals surface area contributed by atoms with Gasteiger partial charge in [-0.25, -0.2) is 23.3 Å². The Morgan fingerprint density at radius 2 is 1.76 bits per heavy atom. The summed E-state index contributed by atoms with van der Waals surface area (Å²) in [5.41, 5.74) is -0.297. The second-order valence-corrected chi connectivity index (χ2v) is 4.69. The minimum absolute atomic E-state index is 0.0906. The maximum Gasteiger partial charge on any atom is 0.351 e. The van der Waals surface area contributed by atoms with Gasteiger partial charge < -0.3 is 0 Å². The van der Waals surface area contributed by atoms with Crippen molar-refractivity contribution in [2.24, 2.45) is 0 Å². The van der Waals surface area contributed by atoms with E-state index in [0.717, 1.165) is 10.1 Å². The lowest BCUT2D eigenvalue weighted by Gasteiger charge is -2.10. The molecule has 0 aliphatic rings. The summed E-state index contributed by atoms with van der Waals surface area (Å²) in [5, 5.41) is 5.63. The van der Waals surface area contributed by atoms with Crippen molar-refractivity contribution in [3.8, 4) is 5.69 Å². The van der Waals surface area contributed by atoms with Crippen LogP contribution in [0.4, 0.5) is 8.78 Å². The maximum absolute atomic E-state index is 14.2. The lowest BCUT2D eigenvalue weighted by molar-refractivity contribution is 0.549. The number of aromatic amines is 1. The quantitative estimate of drug-likeness (QED) is 0.682. The molecule has 21 heavy (non-hydrogen) atoms. The zero-order valence-corrected chi connectivity index (χ0v) is 11.1. The van der Waals surface area contributed by atoms with Crippen molar-refractivity contribution in [1.82, 2.24) is 19.2 Å². The maximum atomic E-state index is 14.2. The largest absolute Gasteiger partial charge is 0.351 e. The average Bonchev–Trinajstić information content (AvgIpc) is 2.78. The van der Waals surface area contributed by atoms with Crippen LogP contribution in [-0.2, 0) is 0 Å². The smallest absolute Gasteiger partial charge is 0.269 e. The average molecular weight is 292 g/mol. The summed E-state index contributed by atoms with van der Waals surface area (Å²) in [6, 6.07) is 3.32. The van der Waals surface area contributed by atoms with Gasteiger partial charge in [-0.15, -0.1) is 5.10 Å². The Kier molecular flexibility index (Phi) is 2.75. The molecule has 0 spiro atoms. The first-order chi connectivity index (χ1) is 9.90. The zero-order chi connectivity index (χ0) is 15.3. The molecule has 0 atom stereocenters. The van der Waals surface area contributed by atoms with Crippen molar-refractivity contribution < 1.29 is 8.78 Å². The van der Waals surface area contributed by atoms with E-state index in [1.165, 1.54) is 12.1 Å². The molecule has 0 fully saturated rings. The molecule has 0 radical (unpaired) electrons.